The van der Waals surface area contributed by atoms with Gasteiger partial charge in [0.15, 0.2) is 0 Å². The summed E-state index contributed by atoms with van der Waals surface area (Å²) in [5.74, 6) is 0.727. The maximum atomic E-state index is 9.21. The predicted molar refractivity (Wildman–Crippen MR) is 111 cm³/mol. The Morgan fingerprint density at radius 2 is 1.93 bits per heavy atom. The number of H-pyrrole nitrogens is 1. The molecule has 2 aromatic heterocycles. The third kappa shape index (κ3) is 4.49. The molecule has 6 nitrogen and oxygen atoms in total. The zero-order chi connectivity index (χ0) is 19.9. The van der Waals surface area contributed by atoms with Gasteiger partial charge in [-0.15, -0.1) is 0 Å². The number of rotatable bonds is 8. The Labute approximate surface area is 165 Å². The van der Waals surface area contributed by atoms with Crippen LogP contribution in [-0.4, -0.2) is 48.6 Å². The summed E-state index contributed by atoms with van der Waals surface area (Å²) in [6, 6.07) is 13.7. The van der Waals surface area contributed by atoms with E-state index < -0.39 is 0 Å². The Hall–Kier alpha value is -3.35. The Morgan fingerprint density at radius 3 is 2.71 bits per heavy atom. The first-order valence-electron chi connectivity index (χ1n) is 9.37. The fourth-order valence-electron chi connectivity index (χ4n) is 3.32. The minimum absolute atomic E-state index is 0.601. The van der Waals surface area contributed by atoms with Crippen molar-refractivity contribution in [3.63, 3.8) is 0 Å². The summed E-state index contributed by atoms with van der Waals surface area (Å²) in [4.78, 5) is 11.9. The second kappa shape index (κ2) is 9.03. The molecule has 3 rings (SSSR count). The van der Waals surface area contributed by atoms with E-state index in [9.17, 15) is 5.26 Å². The molecule has 1 aromatic carbocycles. The van der Waals surface area contributed by atoms with Gasteiger partial charge in [-0.05, 0) is 62.3 Å². The Kier molecular flexibility index (Phi) is 6.26. The normalized spacial score (nSPS) is 10.8. The SMILES string of the molecule is CN(CCCc1c[nH]c2ccc(C#N)cc12)CCN(C)c1ncccc1C#N. The lowest BCUT2D eigenvalue weighted by Crippen LogP contribution is -2.32. The van der Waals surface area contributed by atoms with Gasteiger partial charge in [0, 0.05) is 43.4 Å². The molecule has 0 aliphatic rings. The molecule has 3 aromatic rings. The second-order valence-corrected chi connectivity index (χ2v) is 7.00. The van der Waals surface area contributed by atoms with Crippen LogP contribution in [0.5, 0.6) is 0 Å². The Morgan fingerprint density at radius 1 is 1.07 bits per heavy atom. The maximum Gasteiger partial charge on any atom is 0.146 e. The molecule has 0 unspecified atom stereocenters. The zero-order valence-electron chi connectivity index (χ0n) is 16.3. The van der Waals surface area contributed by atoms with Crippen molar-refractivity contribution in [3.05, 3.63) is 59.4 Å². The highest BCUT2D eigenvalue weighted by molar-refractivity contribution is 5.84. The standard InChI is InChI=1S/C22H24N6/c1-27(11-12-28(2)22-18(15-24)5-3-9-25-22)10-4-6-19-16-26-21-8-7-17(14-23)13-20(19)21/h3,5,7-9,13,16,26H,4,6,10-12H2,1-2H3. The minimum Gasteiger partial charge on any atom is -0.361 e. The van der Waals surface area contributed by atoms with E-state index in [0.29, 0.717) is 11.1 Å². The lowest BCUT2D eigenvalue weighted by molar-refractivity contribution is 0.336. The number of pyridine rings is 1. The molecule has 0 aliphatic carbocycles. The lowest BCUT2D eigenvalue weighted by atomic mass is 10.1. The summed E-state index contributed by atoms with van der Waals surface area (Å²) in [7, 11) is 4.08. The van der Waals surface area contributed by atoms with Crippen molar-refractivity contribution in [1.29, 1.82) is 10.5 Å². The molecule has 0 saturated carbocycles. The van der Waals surface area contributed by atoms with Crippen LogP contribution in [0.2, 0.25) is 0 Å². The molecule has 28 heavy (non-hydrogen) atoms. The van der Waals surface area contributed by atoms with Gasteiger partial charge in [0.2, 0.25) is 0 Å². The van der Waals surface area contributed by atoms with Gasteiger partial charge >= 0.3 is 0 Å². The molecule has 1 N–H and O–H groups in total. The third-order valence-electron chi connectivity index (χ3n) is 4.97. The van der Waals surface area contributed by atoms with Crippen LogP contribution in [0.25, 0.3) is 10.9 Å². The number of aromatic nitrogens is 2. The molecule has 0 radical (unpaired) electrons. The van der Waals surface area contributed by atoms with Crippen LogP contribution in [0.4, 0.5) is 5.82 Å². The average molecular weight is 372 g/mol. The van der Waals surface area contributed by atoms with E-state index in [1.54, 1.807) is 18.3 Å². The number of nitrogens with one attached hydrogen (secondary N) is 1. The van der Waals surface area contributed by atoms with Crippen LogP contribution < -0.4 is 4.90 Å². The van der Waals surface area contributed by atoms with Crippen molar-refractivity contribution >= 4 is 16.7 Å². The zero-order valence-corrected chi connectivity index (χ0v) is 16.3. The van der Waals surface area contributed by atoms with Crippen molar-refractivity contribution in [1.82, 2.24) is 14.9 Å². The topological polar surface area (TPSA) is 82.7 Å². The smallest absolute Gasteiger partial charge is 0.146 e. The first-order valence-corrected chi connectivity index (χ1v) is 9.37. The highest BCUT2D eigenvalue weighted by Crippen LogP contribution is 2.21. The summed E-state index contributed by atoms with van der Waals surface area (Å²) in [6.45, 7) is 2.68. The molecule has 0 fully saturated rings. The lowest BCUT2D eigenvalue weighted by Gasteiger charge is -2.23. The van der Waals surface area contributed by atoms with E-state index in [-0.39, 0.29) is 0 Å². The number of nitrogens with zero attached hydrogens (tertiary/aromatic N) is 5. The number of likely N-dealkylation sites (N-methyl/N-ethyl adjacent to an activating group) is 2. The molecule has 0 atom stereocenters. The number of benzene rings is 1. The predicted octanol–water partition coefficient (Wildman–Crippen LogP) is 3.31. The van der Waals surface area contributed by atoms with Crippen molar-refractivity contribution in [2.45, 2.75) is 12.8 Å². The molecular formula is C22H24N6. The number of aryl methyl sites for hydroxylation is 1. The number of hydrogen-bond acceptors (Lipinski definition) is 5. The van der Waals surface area contributed by atoms with Crippen LogP contribution in [-0.2, 0) is 6.42 Å². The number of aromatic amines is 1. The first-order chi connectivity index (χ1) is 13.6. The quantitative estimate of drug-likeness (QED) is 0.656. The molecule has 0 saturated heterocycles. The van der Waals surface area contributed by atoms with Gasteiger partial charge in [0.05, 0.1) is 17.2 Å². The summed E-state index contributed by atoms with van der Waals surface area (Å²) in [5, 5.41) is 19.5. The van der Waals surface area contributed by atoms with Crippen molar-refractivity contribution in [2.75, 3.05) is 38.6 Å². The molecular weight excluding hydrogens is 348 g/mol. The molecule has 2 heterocycles. The summed E-state index contributed by atoms with van der Waals surface area (Å²) < 4.78 is 0. The van der Waals surface area contributed by atoms with Crippen molar-refractivity contribution < 1.29 is 0 Å². The number of fused-ring (bicyclic) bond motifs is 1. The molecule has 0 bridgehead atoms. The fourth-order valence-corrected chi connectivity index (χ4v) is 3.32. The molecule has 0 aliphatic heterocycles. The summed E-state index contributed by atoms with van der Waals surface area (Å²) in [5.41, 5.74) is 3.63. The fraction of sp³-hybridized carbons (Fsp3) is 0.318. The van der Waals surface area contributed by atoms with Crippen LogP contribution in [0, 0.1) is 22.7 Å². The van der Waals surface area contributed by atoms with Gasteiger partial charge in [-0.3, -0.25) is 0 Å². The Bertz CT molecular complexity index is 1020. The molecule has 142 valence electrons. The maximum absolute atomic E-state index is 9.21. The van der Waals surface area contributed by atoms with E-state index in [0.717, 1.165) is 49.2 Å². The monoisotopic (exact) mass is 372 g/mol. The largest absolute Gasteiger partial charge is 0.361 e. The Balaban J connectivity index is 1.49. The minimum atomic E-state index is 0.601. The van der Waals surface area contributed by atoms with Gasteiger partial charge < -0.3 is 14.8 Å². The van der Waals surface area contributed by atoms with Crippen LogP contribution in [0.3, 0.4) is 0 Å². The third-order valence-corrected chi connectivity index (χ3v) is 4.97. The summed E-state index contributed by atoms with van der Waals surface area (Å²) in [6.07, 6.45) is 5.77. The summed E-state index contributed by atoms with van der Waals surface area (Å²) >= 11 is 0. The number of nitriles is 2. The van der Waals surface area contributed by atoms with E-state index in [1.165, 1.54) is 5.56 Å². The highest BCUT2D eigenvalue weighted by Gasteiger charge is 2.10. The average Bonchev–Trinajstić information content (AvgIpc) is 3.14. The van der Waals surface area contributed by atoms with Gasteiger partial charge in [-0.1, -0.05) is 0 Å². The van der Waals surface area contributed by atoms with Gasteiger partial charge in [-0.25, -0.2) is 4.98 Å². The van der Waals surface area contributed by atoms with Crippen LogP contribution in [0.15, 0.2) is 42.7 Å². The van der Waals surface area contributed by atoms with Gasteiger partial charge in [0.1, 0.15) is 11.9 Å². The van der Waals surface area contributed by atoms with Crippen LogP contribution in [0.1, 0.15) is 23.1 Å². The van der Waals surface area contributed by atoms with E-state index in [2.05, 4.69) is 34.1 Å². The van der Waals surface area contributed by atoms with Crippen molar-refractivity contribution in [2.24, 2.45) is 0 Å². The number of hydrogen-bond donors (Lipinski definition) is 1. The van der Waals surface area contributed by atoms with Crippen LogP contribution >= 0.6 is 0 Å². The van der Waals surface area contributed by atoms with Gasteiger partial charge in [-0.2, -0.15) is 10.5 Å². The van der Waals surface area contributed by atoms with E-state index in [4.69, 9.17) is 5.26 Å². The van der Waals surface area contributed by atoms with Gasteiger partial charge in [0.25, 0.3) is 0 Å². The molecule has 6 heteroatoms. The van der Waals surface area contributed by atoms with E-state index >= 15 is 0 Å². The second-order valence-electron chi connectivity index (χ2n) is 7.00. The first kappa shape index (κ1) is 19.4. The molecule has 0 amide bonds. The number of anilines is 1. The van der Waals surface area contributed by atoms with Crippen molar-refractivity contribution in [3.8, 4) is 12.1 Å². The molecule has 0 spiro atoms. The van der Waals surface area contributed by atoms with E-state index in [1.807, 2.05) is 36.3 Å². The highest BCUT2D eigenvalue weighted by atomic mass is 15.2.